The van der Waals surface area contributed by atoms with Crippen molar-refractivity contribution in [2.45, 2.75) is 25.5 Å². The molecule has 0 unspecified atom stereocenters. The van der Waals surface area contributed by atoms with Crippen molar-refractivity contribution in [1.82, 2.24) is 4.90 Å². The fraction of sp³-hybridized carbons (Fsp3) is 0.500. The zero-order chi connectivity index (χ0) is 10.2. The normalized spacial score (nSPS) is 20.9. The lowest BCUT2D eigenvalue weighted by molar-refractivity contribution is -0.116. The molecule has 1 saturated heterocycles. The van der Waals surface area contributed by atoms with Crippen molar-refractivity contribution in [3.05, 3.63) is 35.9 Å². The summed E-state index contributed by atoms with van der Waals surface area (Å²) in [7, 11) is 0. The van der Waals surface area contributed by atoms with Gasteiger partial charge >= 0.3 is 0 Å². The Kier molecular flexibility index (Phi) is 2.33. The van der Waals surface area contributed by atoms with Gasteiger partial charge in [-0.25, -0.2) is 0 Å². The van der Waals surface area contributed by atoms with Gasteiger partial charge in [-0.05, 0) is 19.4 Å². The van der Waals surface area contributed by atoms with Gasteiger partial charge in [0.15, 0.2) is 0 Å². The zero-order valence-electron chi connectivity index (χ0n) is 8.77. The molecule has 0 saturated carbocycles. The first kappa shape index (κ1) is 9.69. The van der Waals surface area contributed by atoms with Crippen LogP contribution >= 0.6 is 0 Å². The Labute approximate surface area is 85.2 Å². The molecule has 0 spiro atoms. The zero-order valence-corrected chi connectivity index (χ0v) is 8.77. The molecule has 0 aliphatic carbocycles. The molecular weight excluding hydrogens is 174 g/mol. The third-order valence-electron chi connectivity index (χ3n) is 2.97. The highest BCUT2D eigenvalue weighted by Gasteiger charge is 2.43. The molecule has 14 heavy (non-hydrogen) atoms. The van der Waals surface area contributed by atoms with E-state index in [1.165, 1.54) is 0 Å². The number of likely N-dealkylation sites (tertiary alicyclic amines) is 1. The van der Waals surface area contributed by atoms with E-state index in [1.807, 2.05) is 30.3 Å². The highest BCUT2D eigenvalue weighted by molar-refractivity contribution is 5.26. The summed E-state index contributed by atoms with van der Waals surface area (Å²) >= 11 is 0. The van der Waals surface area contributed by atoms with Crippen LogP contribution in [0.15, 0.2) is 30.3 Å². The molecule has 1 fully saturated rings. The molecule has 1 aromatic rings. The highest BCUT2D eigenvalue weighted by Crippen LogP contribution is 2.32. The summed E-state index contributed by atoms with van der Waals surface area (Å²) in [6, 6.07) is 10.5. The minimum atomic E-state index is -0.606. The van der Waals surface area contributed by atoms with E-state index in [1.54, 1.807) is 0 Å². The Morgan fingerprint density at radius 1 is 1.21 bits per heavy atom. The molecule has 76 valence electrons. The Bertz CT molecular complexity index is 301. The van der Waals surface area contributed by atoms with Crippen molar-refractivity contribution in [3.63, 3.8) is 0 Å². The summed E-state index contributed by atoms with van der Waals surface area (Å²) in [5.74, 6) is 0. The summed E-state index contributed by atoms with van der Waals surface area (Å²) in [5, 5.41) is 10.3. The molecule has 0 atom stereocenters. The van der Waals surface area contributed by atoms with Crippen LogP contribution in [0.25, 0.3) is 0 Å². The Morgan fingerprint density at radius 3 is 2.29 bits per heavy atom. The minimum absolute atomic E-state index is 0.527. The minimum Gasteiger partial charge on any atom is -0.382 e. The maximum absolute atomic E-state index is 10.3. The third-order valence-corrected chi connectivity index (χ3v) is 2.97. The van der Waals surface area contributed by atoms with Crippen LogP contribution < -0.4 is 0 Å². The first-order chi connectivity index (χ1) is 6.62. The van der Waals surface area contributed by atoms with Crippen molar-refractivity contribution < 1.29 is 5.11 Å². The Morgan fingerprint density at radius 2 is 1.79 bits per heavy atom. The van der Waals surface area contributed by atoms with Crippen molar-refractivity contribution in [1.29, 1.82) is 0 Å². The maximum Gasteiger partial charge on any atom is 0.115 e. The molecule has 2 rings (SSSR count). The molecule has 1 N–H and O–H groups in total. The van der Waals surface area contributed by atoms with Crippen LogP contribution in [0.1, 0.15) is 19.4 Å². The van der Waals surface area contributed by atoms with Gasteiger partial charge in [0.05, 0.1) is 0 Å². The van der Waals surface area contributed by atoms with Crippen molar-refractivity contribution in [2.75, 3.05) is 13.1 Å². The summed E-state index contributed by atoms with van der Waals surface area (Å²) in [5.41, 5.74) is 0.433. The molecule has 2 nitrogen and oxygen atoms in total. The number of aliphatic hydroxyl groups is 1. The molecule has 0 bridgehead atoms. The van der Waals surface area contributed by atoms with E-state index >= 15 is 0 Å². The molecule has 0 amide bonds. The van der Waals surface area contributed by atoms with E-state index in [2.05, 4.69) is 18.7 Å². The molecular formula is C12H17NO. The SMILES string of the molecule is CC(C)N1CC(O)(c2ccccc2)C1. The lowest BCUT2D eigenvalue weighted by Gasteiger charge is -2.49. The van der Waals surface area contributed by atoms with Gasteiger partial charge in [0, 0.05) is 19.1 Å². The van der Waals surface area contributed by atoms with E-state index in [0.29, 0.717) is 6.04 Å². The lowest BCUT2D eigenvalue weighted by atomic mass is 9.85. The van der Waals surface area contributed by atoms with Gasteiger partial charge in [-0.3, -0.25) is 4.90 Å². The molecule has 1 aliphatic rings. The summed E-state index contributed by atoms with van der Waals surface area (Å²) in [4.78, 5) is 2.27. The smallest absolute Gasteiger partial charge is 0.115 e. The number of rotatable bonds is 2. The summed E-state index contributed by atoms with van der Waals surface area (Å²) < 4.78 is 0. The van der Waals surface area contributed by atoms with Gasteiger partial charge in [-0.2, -0.15) is 0 Å². The van der Waals surface area contributed by atoms with E-state index in [4.69, 9.17) is 0 Å². The summed E-state index contributed by atoms with van der Waals surface area (Å²) in [6.45, 7) is 5.83. The predicted octanol–water partition coefficient (Wildman–Crippen LogP) is 1.60. The maximum atomic E-state index is 10.3. The van der Waals surface area contributed by atoms with Crippen LogP contribution in [-0.2, 0) is 5.60 Å². The standard InChI is InChI=1S/C12H17NO/c1-10(2)13-8-12(14,9-13)11-6-4-3-5-7-11/h3-7,10,14H,8-9H2,1-2H3. The molecule has 1 aliphatic heterocycles. The molecule has 1 heterocycles. The predicted molar refractivity (Wildman–Crippen MR) is 57.0 cm³/mol. The second kappa shape index (κ2) is 3.37. The summed E-state index contributed by atoms with van der Waals surface area (Å²) in [6.07, 6.45) is 0. The van der Waals surface area contributed by atoms with Crippen molar-refractivity contribution >= 4 is 0 Å². The van der Waals surface area contributed by atoms with E-state index in [0.717, 1.165) is 18.7 Å². The van der Waals surface area contributed by atoms with Crippen LogP contribution in [0.4, 0.5) is 0 Å². The van der Waals surface area contributed by atoms with Gasteiger partial charge in [0.25, 0.3) is 0 Å². The van der Waals surface area contributed by atoms with Gasteiger partial charge in [0.2, 0.25) is 0 Å². The fourth-order valence-corrected chi connectivity index (χ4v) is 1.92. The molecule has 0 aromatic heterocycles. The first-order valence-electron chi connectivity index (χ1n) is 5.14. The average molecular weight is 191 g/mol. The van der Waals surface area contributed by atoms with Crippen LogP contribution in [0, 0.1) is 0 Å². The van der Waals surface area contributed by atoms with Crippen LogP contribution in [0.5, 0.6) is 0 Å². The van der Waals surface area contributed by atoms with Crippen molar-refractivity contribution in [2.24, 2.45) is 0 Å². The molecule has 1 aromatic carbocycles. The van der Waals surface area contributed by atoms with Gasteiger partial charge in [0.1, 0.15) is 5.60 Å². The van der Waals surface area contributed by atoms with Gasteiger partial charge < -0.3 is 5.11 Å². The van der Waals surface area contributed by atoms with Crippen LogP contribution in [0.2, 0.25) is 0 Å². The van der Waals surface area contributed by atoms with Crippen LogP contribution in [-0.4, -0.2) is 29.1 Å². The van der Waals surface area contributed by atoms with E-state index < -0.39 is 5.60 Å². The Hall–Kier alpha value is -0.860. The number of hydrogen-bond donors (Lipinski definition) is 1. The highest BCUT2D eigenvalue weighted by atomic mass is 16.3. The topological polar surface area (TPSA) is 23.5 Å². The molecule has 0 radical (unpaired) electrons. The van der Waals surface area contributed by atoms with Crippen LogP contribution in [0.3, 0.4) is 0 Å². The van der Waals surface area contributed by atoms with Gasteiger partial charge in [-0.15, -0.1) is 0 Å². The Balaban J connectivity index is 2.08. The second-order valence-corrected chi connectivity index (χ2v) is 4.40. The largest absolute Gasteiger partial charge is 0.382 e. The first-order valence-corrected chi connectivity index (χ1v) is 5.14. The fourth-order valence-electron chi connectivity index (χ4n) is 1.92. The number of nitrogens with zero attached hydrogens (tertiary/aromatic N) is 1. The third kappa shape index (κ3) is 1.56. The second-order valence-electron chi connectivity index (χ2n) is 4.40. The van der Waals surface area contributed by atoms with E-state index in [9.17, 15) is 5.11 Å². The quantitative estimate of drug-likeness (QED) is 0.767. The molecule has 2 heteroatoms. The van der Waals surface area contributed by atoms with Crippen molar-refractivity contribution in [3.8, 4) is 0 Å². The van der Waals surface area contributed by atoms with Gasteiger partial charge in [-0.1, -0.05) is 30.3 Å². The number of benzene rings is 1. The lowest BCUT2D eigenvalue weighted by Crippen LogP contribution is -2.61. The monoisotopic (exact) mass is 191 g/mol. The number of β-amino-alcohol motifs (C(OH)–C–C–N with tert-alkyl or cyclic N) is 1. The van der Waals surface area contributed by atoms with E-state index in [-0.39, 0.29) is 0 Å². The number of hydrogen-bond acceptors (Lipinski definition) is 2. The average Bonchev–Trinajstić information content (AvgIpc) is 2.14.